The molecule has 0 aromatic rings. The lowest BCUT2D eigenvalue weighted by Crippen LogP contribution is -2.46. The third-order valence-corrected chi connectivity index (χ3v) is 2.33. The van der Waals surface area contributed by atoms with Crippen LogP contribution in [0.15, 0.2) is 12.3 Å². The summed E-state index contributed by atoms with van der Waals surface area (Å²) in [7, 11) is -2.17. The van der Waals surface area contributed by atoms with Crippen LogP contribution in [0.5, 0.6) is 0 Å². The zero-order chi connectivity index (χ0) is 15.7. The summed E-state index contributed by atoms with van der Waals surface area (Å²) < 4.78 is 9.95. The van der Waals surface area contributed by atoms with Gasteiger partial charge in [-0.2, -0.15) is 0 Å². The highest BCUT2D eigenvalue weighted by atomic mass is 16.5. The van der Waals surface area contributed by atoms with Gasteiger partial charge >= 0.3 is 13.3 Å². The molecule has 0 aromatic carbocycles. The van der Waals surface area contributed by atoms with Crippen LogP contribution in [0, 0.1) is 0 Å². The molecule has 0 atom stereocenters. The van der Waals surface area contributed by atoms with Gasteiger partial charge in [-0.3, -0.25) is 0 Å². The Balaban J connectivity index is 0. The molecule has 0 aliphatic rings. The lowest BCUT2D eigenvalue weighted by molar-refractivity contribution is -0.138. The van der Waals surface area contributed by atoms with E-state index in [0.29, 0.717) is 6.61 Å². The van der Waals surface area contributed by atoms with Crippen LogP contribution in [0.2, 0.25) is 0 Å². The maximum Gasteiger partial charge on any atom is 0.631 e. The van der Waals surface area contributed by atoms with E-state index in [0.717, 1.165) is 0 Å². The zero-order valence-corrected chi connectivity index (χ0v) is 12.0. The highest BCUT2D eigenvalue weighted by Crippen LogP contribution is 2.24. The van der Waals surface area contributed by atoms with Gasteiger partial charge in [0, 0.05) is 0 Å². The minimum absolute atomic E-state index is 0.331. The molecule has 19 heavy (non-hydrogen) atoms. The molecule has 0 aliphatic heterocycles. The third kappa shape index (κ3) is 11.7. The quantitative estimate of drug-likeness (QED) is 0.233. The van der Waals surface area contributed by atoms with Crippen LogP contribution in [0.4, 0.5) is 0 Å². The van der Waals surface area contributed by atoms with Crippen molar-refractivity contribution >= 4 is 13.3 Å². The van der Waals surface area contributed by atoms with Crippen molar-refractivity contribution in [3.05, 3.63) is 12.3 Å². The fourth-order valence-corrected chi connectivity index (χ4v) is 0.594. The van der Waals surface area contributed by atoms with Gasteiger partial charge in [0.15, 0.2) is 0 Å². The smallest absolute Gasteiger partial charge is 0.492 e. The number of rotatable bonds is 5. The van der Waals surface area contributed by atoms with E-state index in [-0.39, 0.29) is 0 Å². The molecule has 0 radical (unpaired) electrons. The lowest BCUT2D eigenvalue weighted by Gasteiger charge is -2.36. The minimum Gasteiger partial charge on any atom is -0.492 e. The molecule has 0 unspecified atom stereocenters. The van der Waals surface area contributed by atoms with E-state index in [4.69, 9.17) is 19.8 Å². The zero-order valence-electron chi connectivity index (χ0n) is 12.0. The molecule has 0 amide bonds. The molecule has 0 aromatic heterocycles. The summed E-state index contributed by atoms with van der Waals surface area (Å²) in [6.45, 7) is 8.83. The van der Waals surface area contributed by atoms with Crippen molar-refractivity contribution in [2.45, 2.75) is 45.8 Å². The topological polar surface area (TPSA) is 116 Å². The van der Waals surface area contributed by atoms with E-state index in [2.05, 4.69) is 4.74 Å². The monoisotopic (exact) mass is 278 g/mol. The molecule has 0 saturated heterocycles. The molecule has 0 aliphatic carbocycles. The first-order chi connectivity index (χ1) is 8.44. The van der Waals surface area contributed by atoms with Gasteiger partial charge in [-0.25, -0.2) is 4.79 Å². The molecule has 0 spiro atoms. The minimum atomic E-state index is -2.17. The van der Waals surface area contributed by atoms with Crippen molar-refractivity contribution in [1.82, 2.24) is 0 Å². The predicted molar refractivity (Wildman–Crippen MR) is 69.6 cm³/mol. The highest BCUT2D eigenvalue weighted by Gasteiger charge is 2.36. The largest absolute Gasteiger partial charge is 0.631 e. The number of hydrogen-bond acceptors (Lipinski definition) is 7. The summed E-state index contributed by atoms with van der Waals surface area (Å²) in [5.74, 6) is -0.455. The van der Waals surface area contributed by atoms with Crippen molar-refractivity contribution in [2.75, 3.05) is 6.61 Å². The highest BCUT2D eigenvalue weighted by molar-refractivity contribution is 6.30. The molecule has 8 heteroatoms. The Bertz CT molecular complexity index is 279. The third-order valence-electron chi connectivity index (χ3n) is 2.33. The van der Waals surface area contributed by atoms with Crippen LogP contribution in [0.25, 0.3) is 0 Å². The Morgan fingerprint density at radius 3 is 1.95 bits per heavy atom. The Hall–Kier alpha value is -1.09. The van der Waals surface area contributed by atoms with Crippen molar-refractivity contribution in [2.24, 2.45) is 0 Å². The van der Waals surface area contributed by atoms with Gasteiger partial charge < -0.3 is 29.7 Å². The molecule has 0 rings (SSSR count). The second kappa shape index (κ2) is 8.92. The van der Waals surface area contributed by atoms with Crippen LogP contribution < -0.4 is 0 Å². The van der Waals surface area contributed by atoms with E-state index in [1.54, 1.807) is 34.6 Å². The molecular formula is C11H23BO7. The average molecular weight is 278 g/mol. The molecule has 0 saturated carbocycles. The van der Waals surface area contributed by atoms with Crippen LogP contribution in [0.1, 0.15) is 34.6 Å². The maximum atomic E-state index is 10.9. The summed E-state index contributed by atoms with van der Waals surface area (Å²) in [5, 5.41) is 31.2. The summed E-state index contributed by atoms with van der Waals surface area (Å²) >= 11 is 0. The number of carbonyl (C=O) groups is 1. The summed E-state index contributed by atoms with van der Waals surface area (Å²) in [6.07, 6.45) is 2.44. The van der Waals surface area contributed by atoms with Gasteiger partial charge in [-0.05, 0) is 34.6 Å². The Kier molecular flexibility index (Phi) is 9.50. The van der Waals surface area contributed by atoms with E-state index >= 15 is 0 Å². The predicted octanol–water partition coefficient (Wildman–Crippen LogP) is -0.422. The van der Waals surface area contributed by atoms with Crippen LogP contribution >= 0.6 is 0 Å². The average Bonchev–Trinajstić information content (AvgIpc) is 2.14. The number of carbonyl (C=O) groups excluding carboxylic acids is 1. The SMILES string of the molecule is CCOC(=O)C=COC(C)(C)C(C)(C)O.OB(O)O. The second-order valence-electron chi connectivity index (χ2n) is 4.59. The van der Waals surface area contributed by atoms with Gasteiger partial charge in [-0.1, -0.05) is 0 Å². The van der Waals surface area contributed by atoms with Gasteiger partial charge in [-0.15, -0.1) is 0 Å². The summed E-state index contributed by atoms with van der Waals surface area (Å²) in [5.41, 5.74) is -1.76. The Morgan fingerprint density at radius 1 is 1.21 bits per heavy atom. The van der Waals surface area contributed by atoms with Crippen molar-refractivity contribution in [1.29, 1.82) is 0 Å². The molecule has 0 fully saturated rings. The van der Waals surface area contributed by atoms with Gasteiger partial charge in [0.25, 0.3) is 0 Å². The first kappa shape index (κ1) is 20.2. The van der Waals surface area contributed by atoms with E-state index < -0.39 is 24.5 Å². The number of aliphatic hydroxyl groups is 1. The molecule has 0 bridgehead atoms. The van der Waals surface area contributed by atoms with E-state index in [1.165, 1.54) is 12.3 Å². The molecular weight excluding hydrogens is 255 g/mol. The van der Waals surface area contributed by atoms with E-state index in [1.807, 2.05) is 0 Å². The first-order valence-electron chi connectivity index (χ1n) is 5.71. The van der Waals surface area contributed by atoms with E-state index in [9.17, 15) is 9.90 Å². The standard InChI is InChI=1S/C11H20O4.BH3O3/c1-6-14-9(12)7-8-15-11(4,5)10(2,3)13;2-1(3)4/h7-8,13H,6H2,1-5H3;2-4H. The fraction of sp³-hybridized carbons (Fsp3) is 0.727. The summed E-state index contributed by atoms with van der Waals surface area (Å²) in [6, 6.07) is 0. The molecule has 4 N–H and O–H groups in total. The van der Waals surface area contributed by atoms with Crippen LogP contribution in [0.3, 0.4) is 0 Å². The molecule has 0 heterocycles. The van der Waals surface area contributed by atoms with Gasteiger partial charge in [0.05, 0.1) is 24.5 Å². The maximum absolute atomic E-state index is 10.9. The van der Waals surface area contributed by atoms with Crippen molar-refractivity contribution < 1.29 is 34.4 Å². The van der Waals surface area contributed by atoms with Gasteiger partial charge in [0.2, 0.25) is 0 Å². The van der Waals surface area contributed by atoms with Crippen LogP contribution in [-0.4, -0.2) is 51.3 Å². The lowest BCUT2D eigenvalue weighted by atomic mass is 9.90. The first-order valence-corrected chi connectivity index (χ1v) is 5.71. The Labute approximate surface area is 113 Å². The molecule has 7 nitrogen and oxygen atoms in total. The van der Waals surface area contributed by atoms with Crippen molar-refractivity contribution in [3.8, 4) is 0 Å². The number of ether oxygens (including phenoxy) is 2. The Morgan fingerprint density at radius 2 is 1.63 bits per heavy atom. The summed E-state index contributed by atoms with van der Waals surface area (Å²) in [4.78, 5) is 10.9. The molecule has 112 valence electrons. The van der Waals surface area contributed by atoms with Crippen LogP contribution in [-0.2, 0) is 14.3 Å². The number of esters is 1. The van der Waals surface area contributed by atoms with Crippen molar-refractivity contribution in [3.63, 3.8) is 0 Å². The van der Waals surface area contributed by atoms with Gasteiger partial charge in [0.1, 0.15) is 5.60 Å². The normalized spacial score (nSPS) is 11.6. The second-order valence-corrected chi connectivity index (χ2v) is 4.59. The number of hydrogen-bond donors (Lipinski definition) is 4. The fourth-order valence-electron chi connectivity index (χ4n) is 0.594.